The predicted molar refractivity (Wildman–Crippen MR) is 60.9 cm³/mol. The number of aromatic nitrogens is 1. The zero-order valence-electron chi connectivity index (χ0n) is 10.7. The van der Waals surface area contributed by atoms with Crippen LogP contribution in [0.25, 0.3) is 0 Å². The van der Waals surface area contributed by atoms with E-state index in [1.165, 1.54) is 7.11 Å². The fraction of sp³-hybridized carbons (Fsp3) is 0.538. The van der Waals surface area contributed by atoms with Gasteiger partial charge in [0.05, 0.1) is 25.0 Å². The van der Waals surface area contributed by atoms with E-state index in [0.29, 0.717) is 25.4 Å². The third-order valence-electron chi connectivity index (χ3n) is 3.85. The van der Waals surface area contributed by atoms with Gasteiger partial charge in [0.2, 0.25) is 0 Å². The van der Waals surface area contributed by atoms with Gasteiger partial charge in [-0.1, -0.05) is 0 Å². The Morgan fingerprint density at radius 2 is 2.15 bits per heavy atom. The van der Waals surface area contributed by atoms with Crippen molar-refractivity contribution in [2.45, 2.75) is 24.6 Å². The lowest BCUT2D eigenvalue weighted by atomic mass is 9.71. The Bertz CT molecular complexity index is 559. The molecule has 1 saturated carbocycles. The summed E-state index contributed by atoms with van der Waals surface area (Å²) in [5.74, 6) is -0.355. The minimum atomic E-state index is -4.55. The lowest BCUT2D eigenvalue weighted by Crippen LogP contribution is -2.37. The van der Waals surface area contributed by atoms with E-state index in [4.69, 9.17) is 4.74 Å². The lowest BCUT2D eigenvalue weighted by molar-refractivity contribution is -0.141. The number of carbonyl (C=O) groups excluding carboxylic acids is 1. The van der Waals surface area contributed by atoms with Gasteiger partial charge in [-0.3, -0.25) is 0 Å². The first-order chi connectivity index (χ1) is 9.36. The van der Waals surface area contributed by atoms with Crippen LogP contribution in [0.15, 0.2) is 12.1 Å². The Labute approximate surface area is 112 Å². The van der Waals surface area contributed by atoms with E-state index in [0.717, 1.165) is 12.1 Å². The van der Waals surface area contributed by atoms with Gasteiger partial charge < -0.3 is 9.47 Å². The first-order valence-corrected chi connectivity index (χ1v) is 6.17. The summed E-state index contributed by atoms with van der Waals surface area (Å²) < 4.78 is 48.5. The van der Waals surface area contributed by atoms with Crippen molar-refractivity contribution in [3.8, 4) is 0 Å². The number of methoxy groups -OCH3 is 1. The van der Waals surface area contributed by atoms with Crippen molar-refractivity contribution < 1.29 is 27.4 Å². The molecule has 4 rings (SSSR count). The molecular formula is C13H12F3NO3. The van der Waals surface area contributed by atoms with Gasteiger partial charge in [0.1, 0.15) is 11.3 Å². The average Bonchev–Trinajstić information content (AvgIpc) is 2.96. The highest BCUT2D eigenvalue weighted by molar-refractivity contribution is 5.91. The number of fused-ring (bicyclic) bond motifs is 1. The van der Waals surface area contributed by atoms with Gasteiger partial charge in [-0.05, 0) is 30.9 Å². The van der Waals surface area contributed by atoms with E-state index in [9.17, 15) is 18.0 Å². The zero-order valence-corrected chi connectivity index (χ0v) is 10.7. The highest BCUT2D eigenvalue weighted by atomic mass is 19.4. The highest BCUT2D eigenvalue weighted by Crippen LogP contribution is 2.55. The Balaban J connectivity index is 2.10. The fourth-order valence-electron chi connectivity index (χ4n) is 2.89. The SMILES string of the molecule is COC(=O)c1ccc(C(F)(F)F)nc1C12CC(CO1)C2. The van der Waals surface area contributed by atoms with Crippen LogP contribution in [0, 0.1) is 5.92 Å². The molecule has 2 saturated heterocycles. The summed E-state index contributed by atoms with van der Waals surface area (Å²) in [4.78, 5) is 15.4. The molecule has 3 aliphatic rings. The van der Waals surface area contributed by atoms with Crippen LogP contribution < -0.4 is 0 Å². The van der Waals surface area contributed by atoms with Crippen molar-refractivity contribution in [2.24, 2.45) is 5.92 Å². The van der Waals surface area contributed by atoms with E-state index in [1.54, 1.807) is 0 Å². The Morgan fingerprint density at radius 3 is 2.65 bits per heavy atom. The number of hydrogen-bond acceptors (Lipinski definition) is 4. The molecule has 0 aromatic carbocycles. The molecule has 108 valence electrons. The van der Waals surface area contributed by atoms with Crippen LogP contribution in [0.2, 0.25) is 0 Å². The van der Waals surface area contributed by atoms with Gasteiger partial charge in [-0.15, -0.1) is 0 Å². The van der Waals surface area contributed by atoms with E-state index in [2.05, 4.69) is 9.72 Å². The van der Waals surface area contributed by atoms with Crippen molar-refractivity contribution in [3.63, 3.8) is 0 Å². The molecule has 0 N–H and O–H groups in total. The van der Waals surface area contributed by atoms with Crippen molar-refractivity contribution in [3.05, 3.63) is 29.1 Å². The third-order valence-corrected chi connectivity index (χ3v) is 3.85. The van der Waals surface area contributed by atoms with Crippen LogP contribution in [-0.4, -0.2) is 24.7 Å². The maximum absolute atomic E-state index is 12.8. The molecule has 7 heteroatoms. The number of pyridine rings is 1. The quantitative estimate of drug-likeness (QED) is 0.784. The molecule has 1 aromatic rings. The molecule has 20 heavy (non-hydrogen) atoms. The van der Waals surface area contributed by atoms with Gasteiger partial charge in [-0.25, -0.2) is 9.78 Å². The summed E-state index contributed by atoms with van der Waals surface area (Å²) in [5, 5.41) is 0. The minimum Gasteiger partial charge on any atom is -0.465 e. The summed E-state index contributed by atoms with van der Waals surface area (Å²) in [5.41, 5.74) is -1.78. The molecule has 0 amide bonds. The number of nitrogens with zero attached hydrogens (tertiary/aromatic N) is 1. The molecule has 0 spiro atoms. The van der Waals surface area contributed by atoms with E-state index < -0.39 is 23.4 Å². The summed E-state index contributed by atoms with van der Waals surface area (Å²) >= 11 is 0. The van der Waals surface area contributed by atoms with Crippen LogP contribution in [-0.2, 0) is 21.3 Å². The number of esters is 1. The standard InChI is InChI=1S/C13H12F3NO3/c1-19-11(18)8-2-3-9(13(14,15)16)17-10(8)12-4-7(5-12)6-20-12/h2-3,7H,4-6H2,1H3. The molecule has 3 fully saturated rings. The van der Waals surface area contributed by atoms with Crippen molar-refractivity contribution in [1.29, 1.82) is 0 Å². The number of alkyl halides is 3. The normalized spacial score (nSPS) is 28.1. The number of hydrogen-bond donors (Lipinski definition) is 0. The maximum atomic E-state index is 12.8. The van der Waals surface area contributed by atoms with Crippen molar-refractivity contribution in [1.82, 2.24) is 4.98 Å². The Kier molecular flexibility index (Phi) is 2.79. The molecule has 1 aliphatic carbocycles. The van der Waals surface area contributed by atoms with Gasteiger partial charge in [0.25, 0.3) is 0 Å². The van der Waals surface area contributed by atoms with Gasteiger partial charge in [0, 0.05) is 0 Å². The highest BCUT2D eigenvalue weighted by Gasteiger charge is 2.56. The van der Waals surface area contributed by atoms with Crippen LogP contribution >= 0.6 is 0 Å². The van der Waals surface area contributed by atoms with Crippen molar-refractivity contribution >= 4 is 5.97 Å². The molecular weight excluding hydrogens is 275 g/mol. The number of ether oxygens (including phenoxy) is 2. The fourth-order valence-corrected chi connectivity index (χ4v) is 2.89. The Hall–Kier alpha value is -1.63. The monoisotopic (exact) mass is 287 g/mol. The number of halogens is 3. The number of carbonyl (C=O) groups is 1. The van der Waals surface area contributed by atoms with Crippen LogP contribution in [0.5, 0.6) is 0 Å². The molecule has 2 aliphatic heterocycles. The topological polar surface area (TPSA) is 48.4 Å². The van der Waals surface area contributed by atoms with Crippen LogP contribution in [0.4, 0.5) is 13.2 Å². The first-order valence-electron chi connectivity index (χ1n) is 6.17. The van der Waals surface area contributed by atoms with Gasteiger partial charge in [-0.2, -0.15) is 13.2 Å². The summed E-state index contributed by atoms with van der Waals surface area (Å²) in [7, 11) is 1.18. The molecule has 0 unspecified atom stereocenters. The predicted octanol–water partition coefficient (Wildman–Crippen LogP) is 2.52. The molecule has 4 nitrogen and oxygen atoms in total. The largest absolute Gasteiger partial charge is 0.465 e. The molecule has 3 heterocycles. The summed E-state index contributed by atoms with van der Waals surface area (Å²) in [6.45, 7) is 0.499. The maximum Gasteiger partial charge on any atom is 0.433 e. The third kappa shape index (κ3) is 1.88. The Morgan fingerprint density at radius 1 is 1.45 bits per heavy atom. The second kappa shape index (κ2) is 4.18. The average molecular weight is 287 g/mol. The lowest BCUT2D eigenvalue weighted by Gasteiger charge is -2.36. The molecule has 2 bridgehead atoms. The second-order valence-electron chi connectivity index (χ2n) is 5.16. The smallest absolute Gasteiger partial charge is 0.433 e. The van der Waals surface area contributed by atoms with Gasteiger partial charge >= 0.3 is 12.1 Å². The van der Waals surface area contributed by atoms with Crippen molar-refractivity contribution in [2.75, 3.05) is 13.7 Å². The summed E-state index contributed by atoms with van der Waals surface area (Å²) in [6, 6.07) is 1.90. The molecule has 0 radical (unpaired) electrons. The van der Waals surface area contributed by atoms with E-state index >= 15 is 0 Å². The first kappa shape index (κ1) is 13.4. The van der Waals surface area contributed by atoms with Gasteiger partial charge in [0.15, 0.2) is 0 Å². The van der Waals surface area contributed by atoms with E-state index in [1.807, 2.05) is 0 Å². The number of rotatable bonds is 2. The summed E-state index contributed by atoms with van der Waals surface area (Å²) in [6.07, 6.45) is -3.35. The molecule has 0 atom stereocenters. The van der Waals surface area contributed by atoms with E-state index in [-0.39, 0.29) is 11.3 Å². The van der Waals surface area contributed by atoms with Crippen LogP contribution in [0.3, 0.4) is 0 Å². The second-order valence-corrected chi connectivity index (χ2v) is 5.16. The minimum absolute atomic E-state index is 0.0425. The zero-order chi connectivity index (χ0) is 14.5. The molecule has 1 aromatic heterocycles. The van der Waals surface area contributed by atoms with Crippen LogP contribution in [0.1, 0.15) is 34.6 Å².